The van der Waals surface area contributed by atoms with Crippen molar-refractivity contribution >= 4 is 5.69 Å². The fourth-order valence-corrected chi connectivity index (χ4v) is 1.55. The number of hydrogen-bond donors (Lipinski definition) is 1. The highest BCUT2D eigenvalue weighted by Crippen LogP contribution is 2.27. The number of anilines is 1. The minimum absolute atomic E-state index is 0.310. The predicted octanol–water partition coefficient (Wildman–Crippen LogP) is 3.38. The Morgan fingerprint density at radius 1 is 1.22 bits per heavy atom. The molecule has 0 unspecified atom stereocenters. The summed E-state index contributed by atoms with van der Waals surface area (Å²) in [6.45, 7) is 1.75. The molecule has 2 rings (SSSR count). The highest BCUT2D eigenvalue weighted by atomic mass is 19.1. The second kappa shape index (κ2) is 4.76. The van der Waals surface area contributed by atoms with Crippen LogP contribution in [0.5, 0.6) is 11.5 Å². The van der Waals surface area contributed by atoms with Crippen molar-refractivity contribution in [2.45, 2.75) is 6.92 Å². The third-order valence-electron chi connectivity index (χ3n) is 2.51. The number of nitrogens with two attached hydrogens (primary N) is 1. The van der Waals surface area contributed by atoms with Gasteiger partial charge in [0.05, 0.1) is 5.56 Å². The molecule has 0 atom stereocenters. The molecule has 2 aromatic rings. The van der Waals surface area contributed by atoms with E-state index in [1.807, 2.05) is 6.07 Å². The maximum atomic E-state index is 12.9. The Morgan fingerprint density at radius 2 is 2.00 bits per heavy atom. The summed E-state index contributed by atoms with van der Waals surface area (Å²) < 4.78 is 18.5. The minimum Gasteiger partial charge on any atom is -0.457 e. The standard InChI is InChI=1S/C14H11FN2O/c1-9-6-11(15)2-5-14(9)18-12-3-4-13(17)10(7-12)8-16/h2-7H,17H2,1H3. The largest absolute Gasteiger partial charge is 0.457 e. The van der Waals surface area contributed by atoms with Gasteiger partial charge in [-0.05, 0) is 42.8 Å². The van der Waals surface area contributed by atoms with E-state index in [1.165, 1.54) is 12.1 Å². The molecule has 0 aromatic heterocycles. The number of benzene rings is 2. The zero-order valence-electron chi connectivity index (χ0n) is 9.77. The van der Waals surface area contributed by atoms with Crippen LogP contribution in [0.3, 0.4) is 0 Å². The van der Waals surface area contributed by atoms with Crippen LogP contribution in [0.4, 0.5) is 10.1 Å². The Hall–Kier alpha value is -2.54. The molecular weight excluding hydrogens is 231 g/mol. The summed E-state index contributed by atoms with van der Waals surface area (Å²) >= 11 is 0. The normalized spacial score (nSPS) is 9.83. The zero-order valence-corrected chi connectivity index (χ0v) is 9.77. The van der Waals surface area contributed by atoms with Gasteiger partial charge in [-0.3, -0.25) is 0 Å². The third kappa shape index (κ3) is 2.41. The number of nitrogens with zero attached hydrogens (tertiary/aromatic N) is 1. The average Bonchev–Trinajstić information content (AvgIpc) is 2.35. The van der Waals surface area contributed by atoms with E-state index in [0.29, 0.717) is 28.3 Å². The number of ether oxygens (including phenoxy) is 1. The lowest BCUT2D eigenvalue weighted by Crippen LogP contribution is -1.93. The molecular formula is C14H11FN2O. The smallest absolute Gasteiger partial charge is 0.130 e. The molecule has 0 amide bonds. The van der Waals surface area contributed by atoms with Gasteiger partial charge in [-0.2, -0.15) is 5.26 Å². The molecule has 0 radical (unpaired) electrons. The highest BCUT2D eigenvalue weighted by molar-refractivity contribution is 5.57. The van der Waals surface area contributed by atoms with Crippen LogP contribution in [0.25, 0.3) is 0 Å². The van der Waals surface area contributed by atoms with Crippen LogP contribution < -0.4 is 10.5 Å². The van der Waals surface area contributed by atoms with Crippen molar-refractivity contribution in [1.29, 1.82) is 5.26 Å². The van der Waals surface area contributed by atoms with Crippen molar-refractivity contribution in [3.05, 3.63) is 53.3 Å². The molecule has 0 heterocycles. The van der Waals surface area contributed by atoms with Crippen LogP contribution in [0.1, 0.15) is 11.1 Å². The first-order valence-corrected chi connectivity index (χ1v) is 5.34. The maximum absolute atomic E-state index is 12.9. The molecule has 0 aliphatic carbocycles. The summed E-state index contributed by atoms with van der Waals surface area (Å²) in [5.41, 5.74) is 7.06. The molecule has 4 heteroatoms. The predicted molar refractivity (Wildman–Crippen MR) is 66.8 cm³/mol. The van der Waals surface area contributed by atoms with E-state index in [-0.39, 0.29) is 5.82 Å². The van der Waals surface area contributed by atoms with E-state index < -0.39 is 0 Å². The van der Waals surface area contributed by atoms with Gasteiger partial charge in [-0.25, -0.2) is 4.39 Å². The van der Waals surface area contributed by atoms with Crippen molar-refractivity contribution < 1.29 is 9.13 Å². The Balaban J connectivity index is 2.32. The third-order valence-corrected chi connectivity index (χ3v) is 2.51. The van der Waals surface area contributed by atoms with Crippen LogP contribution in [0, 0.1) is 24.1 Å². The maximum Gasteiger partial charge on any atom is 0.130 e. The van der Waals surface area contributed by atoms with Gasteiger partial charge in [0.15, 0.2) is 0 Å². The molecule has 2 aromatic carbocycles. The summed E-state index contributed by atoms with van der Waals surface area (Å²) in [6.07, 6.45) is 0. The number of rotatable bonds is 2. The van der Waals surface area contributed by atoms with Gasteiger partial charge in [0.25, 0.3) is 0 Å². The van der Waals surface area contributed by atoms with E-state index in [2.05, 4.69) is 0 Å². The topological polar surface area (TPSA) is 59.0 Å². The number of aryl methyl sites for hydroxylation is 1. The monoisotopic (exact) mass is 242 g/mol. The summed E-state index contributed by atoms with van der Waals surface area (Å²) in [6, 6.07) is 11.1. The summed E-state index contributed by atoms with van der Waals surface area (Å²) in [5.74, 6) is 0.732. The first kappa shape index (κ1) is 11.9. The number of nitriles is 1. The molecule has 0 saturated carbocycles. The van der Waals surface area contributed by atoms with Gasteiger partial charge in [-0.15, -0.1) is 0 Å². The number of hydrogen-bond acceptors (Lipinski definition) is 3. The highest BCUT2D eigenvalue weighted by Gasteiger charge is 2.05. The van der Waals surface area contributed by atoms with Crippen LogP contribution in [0.15, 0.2) is 36.4 Å². The van der Waals surface area contributed by atoms with Crippen molar-refractivity contribution in [3.63, 3.8) is 0 Å². The molecule has 0 aliphatic heterocycles. The van der Waals surface area contributed by atoms with E-state index >= 15 is 0 Å². The fourth-order valence-electron chi connectivity index (χ4n) is 1.55. The lowest BCUT2D eigenvalue weighted by molar-refractivity contribution is 0.476. The van der Waals surface area contributed by atoms with Crippen molar-refractivity contribution in [3.8, 4) is 17.6 Å². The van der Waals surface area contributed by atoms with Gasteiger partial charge in [0.1, 0.15) is 23.4 Å². The van der Waals surface area contributed by atoms with Crippen molar-refractivity contribution in [2.24, 2.45) is 0 Å². The van der Waals surface area contributed by atoms with Crippen molar-refractivity contribution in [2.75, 3.05) is 5.73 Å². The second-order valence-electron chi connectivity index (χ2n) is 3.87. The summed E-state index contributed by atoms with van der Waals surface area (Å²) in [7, 11) is 0. The molecule has 2 N–H and O–H groups in total. The minimum atomic E-state index is -0.310. The first-order valence-electron chi connectivity index (χ1n) is 5.34. The van der Waals surface area contributed by atoms with Gasteiger partial charge in [-0.1, -0.05) is 0 Å². The summed E-state index contributed by atoms with van der Waals surface area (Å²) in [4.78, 5) is 0. The van der Waals surface area contributed by atoms with E-state index in [0.717, 1.165) is 0 Å². The number of nitrogen functional groups attached to an aromatic ring is 1. The van der Waals surface area contributed by atoms with E-state index in [9.17, 15) is 4.39 Å². The Kier molecular flexibility index (Phi) is 3.16. The van der Waals surface area contributed by atoms with E-state index in [1.54, 1.807) is 31.2 Å². The van der Waals surface area contributed by atoms with Gasteiger partial charge in [0.2, 0.25) is 0 Å². The Morgan fingerprint density at radius 3 is 2.67 bits per heavy atom. The molecule has 0 spiro atoms. The second-order valence-corrected chi connectivity index (χ2v) is 3.87. The molecule has 18 heavy (non-hydrogen) atoms. The first-order chi connectivity index (χ1) is 8.60. The van der Waals surface area contributed by atoms with Crippen LogP contribution >= 0.6 is 0 Å². The average molecular weight is 242 g/mol. The van der Waals surface area contributed by atoms with Crippen LogP contribution in [0.2, 0.25) is 0 Å². The van der Waals surface area contributed by atoms with Gasteiger partial charge < -0.3 is 10.5 Å². The Labute approximate surface area is 104 Å². The molecule has 0 saturated heterocycles. The van der Waals surface area contributed by atoms with Gasteiger partial charge in [0, 0.05) is 11.8 Å². The lowest BCUT2D eigenvalue weighted by atomic mass is 10.2. The van der Waals surface area contributed by atoms with Gasteiger partial charge >= 0.3 is 0 Å². The number of halogens is 1. The molecule has 0 aliphatic rings. The van der Waals surface area contributed by atoms with E-state index in [4.69, 9.17) is 15.7 Å². The Bertz CT molecular complexity index is 632. The molecule has 3 nitrogen and oxygen atoms in total. The molecule has 0 bridgehead atoms. The van der Waals surface area contributed by atoms with Crippen LogP contribution in [-0.2, 0) is 0 Å². The zero-order chi connectivity index (χ0) is 13.1. The van der Waals surface area contributed by atoms with Crippen LogP contribution in [-0.4, -0.2) is 0 Å². The fraction of sp³-hybridized carbons (Fsp3) is 0.0714. The molecule has 0 fully saturated rings. The summed E-state index contributed by atoms with van der Waals surface area (Å²) in [5, 5.41) is 8.86. The SMILES string of the molecule is Cc1cc(F)ccc1Oc1ccc(N)c(C#N)c1. The molecule has 90 valence electrons. The quantitative estimate of drug-likeness (QED) is 0.821. The lowest BCUT2D eigenvalue weighted by Gasteiger charge is -2.09. The van der Waals surface area contributed by atoms with Crippen molar-refractivity contribution in [1.82, 2.24) is 0 Å².